The number of aliphatic imine (C=N–C) groups is 1. The molecule has 2 unspecified atom stereocenters. The van der Waals surface area contributed by atoms with Gasteiger partial charge < -0.3 is 19.4 Å². The highest BCUT2D eigenvalue weighted by atomic mass is 35.5. The molecule has 34 heavy (non-hydrogen) atoms. The summed E-state index contributed by atoms with van der Waals surface area (Å²) in [5.74, 6) is 1.40. The molecule has 0 saturated carbocycles. The first-order valence-corrected chi connectivity index (χ1v) is 11.3. The molecule has 1 N–H and O–H groups in total. The van der Waals surface area contributed by atoms with Gasteiger partial charge in [-0.1, -0.05) is 47.5 Å². The molecule has 0 radical (unpaired) electrons. The second-order valence-electron chi connectivity index (χ2n) is 7.42. The summed E-state index contributed by atoms with van der Waals surface area (Å²) in [4.78, 5) is 22.0. The predicted octanol–water partition coefficient (Wildman–Crippen LogP) is 6.56. The normalized spacial score (nSPS) is 17.3. The molecule has 0 amide bonds. The molecule has 3 aromatic rings. The van der Waals surface area contributed by atoms with Crippen molar-refractivity contribution >= 4 is 35.2 Å². The molecular formula is C25H22Cl2N2O5. The highest BCUT2D eigenvalue weighted by Gasteiger charge is 2.42. The molecule has 1 aliphatic heterocycles. The highest BCUT2D eigenvalue weighted by Crippen LogP contribution is 2.45. The first kappa shape index (κ1) is 23.7. The molecule has 176 valence electrons. The summed E-state index contributed by atoms with van der Waals surface area (Å²) in [6, 6.07) is 18.5. The van der Waals surface area contributed by atoms with E-state index in [1.165, 1.54) is 5.06 Å². The maximum atomic E-state index is 11.8. The van der Waals surface area contributed by atoms with Gasteiger partial charge in [-0.3, -0.25) is 4.99 Å². The Hall–Kier alpha value is -3.42. The molecular weight excluding hydrogens is 479 g/mol. The summed E-state index contributed by atoms with van der Waals surface area (Å²) >= 11 is 12.2. The Morgan fingerprint density at radius 2 is 1.62 bits per heavy atom. The number of hydroxylamine groups is 2. The molecule has 9 heteroatoms. The minimum Gasteiger partial charge on any atom is -0.497 e. The Balaban J connectivity index is 1.90. The molecule has 0 bridgehead atoms. The number of ether oxygens (including phenoxy) is 2. The fraction of sp³-hybridized carbons (Fsp3) is 0.200. The number of carboxylic acid groups (broad SMARTS) is 1. The van der Waals surface area contributed by atoms with Crippen molar-refractivity contribution in [1.29, 1.82) is 0 Å². The smallest absolute Gasteiger partial charge is 0.497 e. The van der Waals surface area contributed by atoms with Crippen molar-refractivity contribution in [2.75, 3.05) is 13.7 Å². The van der Waals surface area contributed by atoms with Crippen LogP contribution in [0, 0.1) is 0 Å². The van der Waals surface area contributed by atoms with Gasteiger partial charge in [-0.05, 0) is 54.4 Å². The number of nitrogens with zero attached hydrogens (tertiary/aromatic N) is 2. The van der Waals surface area contributed by atoms with Crippen LogP contribution in [0.25, 0.3) is 0 Å². The molecule has 3 aromatic carbocycles. The van der Waals surface area contributed by atoms with Gasteiger partial charge in [-0.2, -0.15) is 5.06 Å². The van der Waals surface area contributed by atoms with Gasteiger partial charge in [0.25, 0.3) is 0 Å². The second kappa shape index (κ2) is 10.2. The van der Waals surface area contributed by atoms with Gasteiger partial charge in [-0.15, -0.1) is 0 Å². The first-order valence-electron chi connectivity index (χ1n) is 10.5. The van der Waals surface area contributed by atoms with Crippen LogP contribution < -0.4 is 9.47 Å². The minimum atomic E-state index is -1.46. The van der Waals surface area contributed by atoms with Crippen LogP contribution in [0.5, 0.6) is 11.5 Å². The maximum Gasteiger partial charge on any atom is 0.530 e. The van der Waals surface area contributed by atoms with Crippen LogP contribution in [-0.4, -0.2) is 35.9 Å². The van der Waals surface area contributed by atoms with Crippen LogP contribution in [0.4, 0.5) is 4.79 Å². The summed E-state index contributed by atoms with van der Waals surface area (Å²) < 4.78 is 11.2. The van der Waals surface area contributed by atoms with E-state index in [0.29, 0.717) is 39.6 Å². The molecule has 4 rings (SSSR count). The lowest BCUT2D eigenvalue weighted by Crippen LogP contribution is -2.34. The Kier molecular flexibility index (Phi) is 7.14. The number of halogens is 2. The third-order valence-corrected chi connectivity index (χ3v) is 5.85. The second-order valence-corrected chi connectivity index (χ2v) is 8.30. The van der Waals surface area contributed by atoms with Crippen molar-refractivity contribution in [3.05, 3.63) is 93.5 Å². The number of carbonyl (C=O) groups is 1. The molecule has 0 spiro atoms. The van der Waals surface area contributed by atoms with Crippen LogP contribution in [-0.2, 0) is 4.84 Å². The first-order chi connectivity index (χ1) is 16.4. The van der Waals surface area contributed by atoms with Crippen LogP contribution in [0.3, 0.4) is 0 Å². The van der Waals surface area contributed by atoms with Crippen molar-refractivity contribution in [2.45, 2.75) is 19.0 Å². The topological polar surface area (TPSA) is 80.6 Å². The van der Waals surface area contributed by atoms with Gasteiger partial charge in [-0.25, -0.2) is 4.79 Å². The van der Waals surface area contributed by atoms with E-state index in [-0.39, 0.29) is 0 Å². The van der Waals surface area contributed by atoms with Crippen molar-refractivity contribution in [1.82, 2.24) is 5.06 Å². The van der Waals surface area contributed by atoms with E-state index in [4.69, 9.17) is 42.5 Å². The van der Waals surface area contributed by atoms with Gasteiger partial charge in [0.2, 0.25) is 0 Å². The number of rotatable bonds is 7. The largest absolute Gasteiger partial charge is 0.530 e. The molecule has 0 saturated heterocycles. The predicted molar refractivity (Wildman–Crippen MR) is 130 cm³/mol. The Bertz CT molecular complexity index is 1200. The third kappa shape index (κ3) is 4.90. The molecule has 1 heterocycles. The van der Waals surface area contributed by atoms with Gasteiger partial charge in [0.15, 0.2) is 5.84 Å². The van der Waals surface area contributed by atoms with Gasteiger partial charge in [0, 0.05) is 16.1 Å². The lowest BCUT2D eigenvalue weighted by molar-refractivity contribution is -0.0874. The Morgan fingerprint density at radius 3 is 2.18 bits per heavy atom. The van der Waals surface area contributed by atoms with Gasteiger partial charge >= 0.3 is 6.16 Å². The highest BCUT2D eigenvalue weighted by molar-refractivity contribution is 6.30. The third-order valence-electron chi connectivity index (χ3n) is 5.35. The average molecular weight is 501 g/mol. The Labute approximate surface area is 207 Å². The molecule has 1 aliphatic rings. The van der Waals surface area contributed by atoms with Crippen LogP contribution in [0.15, 0.2) is 71.7 Å². The lowest BCUT2D eigenvalue weighted by Gasteiger charge is -2.28. The van der Waals surface area contributed by atoms with Crippen LogP contribution in [0.2, 0.25) is 10.0 Å². The summed E-state index contributed by atoms with van der Waals surface area (Å²) in [5.41, 5.74) is 2.18. The van der Waals surface area contributed by atoms with E-state index >= 15 is 0 Å². The maximum absolute atomic E-state index is 11.8. The number of hydrogen-bond acceptors (Lipinski definition) is 6. The zero-order valence-corrected chi connectivity index (χ0v) is 20.0. The van der Waals surface area contributed by atoms with E-state index < -0.39 is 18.2 Å². The van der Waals surface area contributed by atoms with E-state index in [1.54, 1.807) is 49.6 Å². The SMILES string of the molecule is CCOc1cc(OC)ccc1C1=NC(c2ccc(Cl)cc2)C(c2ccc(Cl)cc2)N1OC(=O)O. The van der Waals surface area contributed by atoms with Crippen molar-refractivity contribution in [3.63, 3.8) is 0 Å². The van der Waals surface area contributed by atoms with Gasteiger partial charge in [0.1, 0.15) is 23.6 Å². The van der Waals surface area contributed by atoms with Gasteiger partial charge in [0.05, 0.1) is 19.3 Å². The molecule has 2 atom stereocenters. The number of benzene rings is 3. The van der Waals surface area contributed by atoms with Crippen LogP contribution in [0.1, 0.15) is 35.7 Å². The number of methoxy groups -OCH3 is 1. The van der Waals surface area contributed by atoms with E-state index in [2.05, 4.69) is 0 Å². The van der Waals surface area contributed by atoms with E-state index in [0.717, 1.165) is 11.1 Å². The van der Waals surface area contributed by atoms with Crippen LogP contribution >= 0.6 is 23.2 Å². The fourth-order valence-electron chi connectivity index (χ4n) is 3.88. The molecule has 7 nitrogen and oxygen atoms in total. The fourth-order valence-corrected chi connectivity index (χ4v) is 4.13. The van der Waals surface area contributed by atoms with Crippen molar-refractivity contribution < 1.29 is 24.2 Å². The zero-order chi connectivity index (χ0) is 24.2. The standard InChI is InChI=1S/C25H22Cl2N2O5/c1-3-33-21-14-19(32-2)12-13-20(21)24-28-22(15-4-8-17(26)9-5-15)23(29(24)34-25(30)31)16-6-10-18(27)11-7-16/h4-14,22-23H,3H2,1-2H3,(H,30,31). The summed E-state index contributed by atoms with van der Waals surface area (Å²) in [6.07, 6.45) is -1.46. The quantitative estimate of drug-likeness (QED) is 0.395. The summed E-state index contributed by atoms with van der Waals surface area (Å²) in [7, 11) is 1.56. The van der Waals surface area contributed by atoms with Crippen molar-refractivity contribution in [3.8, 4) is 11.5 Å². The zero-order valence-electron chi connectivity index (χ0n) is 18.4. The summed E-state index contributed by atoms with van der Waals surface area (Å²) in [6.45, 7) is 2.26. The summed E-state index contributed by atoms with van der Waals surface area (Å²) in [5, 5.41) is 12.0. The molecule has 0 aliphatic carbocycles. The molecule has 0 aromatic heterocycles. The van der Waals surface area contributed by atoms with E-state index in [9.17, 15) is 9.90 Å². The monoisotopic (exact) mass is 500 g/mol. The number of hydrogen-bond donors (Lipinski definition) is 1. The number of amidine groups is 1. The van der Waals surface area contributed by atoms with Crippen molar-refractivity contribution in [2.24, 2.45) is 4.99 Å². The minimum absolute atomic E-state index is 0.313. The average Bonchev–Trinajstić information content (AvgIpc) is 3.18. The Morgan fingerprint density at radius 1 is 1.00 bits per heavy atom. The lowest BCUT2D eigenvalue weighted by atomic mass is 9.94. The van der Waals surface area contributed by atoms with E-state index in [1.807, 2.05) is 31.2 Å². The molecule has 0 fully saturated rings.